The van der Waals surface area contributed by atoms with Crippen molar-refractivity contribution >= 4 is 22.5 Å². The van der Waals surface area contributed by atoms with Crippen molar-refractivity contribution in [3.8, 4) is 0 Å². The van der Waals surface area contributed by atoms with Crippen LogP contribution in [0.2, 0.25) is 0 Å². The Morgan fingerprint density at radius 3 is 2.50 bits per heavy atom. The number of nitrogens with zero attached hydrogens (tertiary/aromatic N) is 4. The fourth-order valence-electron chi connectivity index (χ4n) is 3.72. The number of carbonyl (C=O) groups is 1. The summed E-state index contributed by atoms with van der Waals surface area (Å²) in [7, 11) is 0. The van der Waals surface area contributed by atoms with Crippen molar-refractivity contribution in [2.75, 3.05) is 31.1 Å². The molecule has 0 N–H and O–H groups in total. The van der Waals surface area contributed by atoms with Gasteiger partial charge in [-0.05, 0) is 30.7 Å². The van der Waals surface area contributed by atoms with Crippen LogP contribution in [0.5, 0.6) is 0 Å². The summed E-state index contributed by atoms with van der Waals surface area (Å²) in [5.74, 6) is 0.0870. The van der Waals surface area contributed by atoms with Gasteiger partial charge >= 0.3 is 0 Å². The Morgan fingerprint density at radius 2 is 1.75 bits per heavy atom. The first-order chi connectivity index (χ1) is 13.6. The van der Waals surface area contributed by atoms with Crippen molar-refractivity contribution in [3.63, 3.8) is 0 Å². The summed E-state index contributed by atoms with van der Waals surface area (Å²) in [6.07, 6.45) is 1.86. The topological polar surface area (TPSA) is 58.4 Å². The van der Waals surface area contributed by atoms with E-state index in [4.69, 9.17) is 0 Å². The van der Waals surface area contributed by atoms with Crippen molar-refractivity contribution in [1.29, 1.82) is 0 Å². The van der Waals surface area contributed by atoms with Gasteiger partial charge in [-0.2, -0.15) is 0 Å². The zero-order chi connectivity index (χ0) is 19.5. The number of hydrogen-bond donors (Lipinski definition) is 0. The number of hydrogen-bond acceptors (Lipinski definition) is 4. The van der Waals surface area contributed by atoms with Gasteiger partial charge in [0.25, 0.3) is 5.56 Å². The number of carbonyl (C=O) groups excluding carboxylic acids is 1. The van der Waals surface area contributed by atoms with E-state index in [0.717, 1.165) is 24.2 Å². The van der Waals surface area contributed by atoms with Crippen LogP contribution in [-0.2, 0) is 11.3 Å². The fourth-order valence-corrected chi connectivity index (χ4v) is 3.72. The lowest BCUT2D eigenvalue weighted by Crippen LogP contribution is -2.49. The minimum atomic E-state index is -0.0876. The molecule has 1 fully saturated rings. The summed E-state index contributed by atoms with van der Waals surface area (Å²) < 4.78 is 1.54. The second kappa shape index (κ2) is 7.84. The Bertz CT molecular complexity index is 1040. The molecule has 28 heavy (non-hydrogen) atoms. The van der Waals surface area contributed by atoms with Gasteiger partial charge < -0.3 is 9.80 Å². The van der Waals surface area contributed by atoms with Gasteiger partial charge in [-0.25, -0.2) is 4.98 Å². The molecule has 1 saturated heterocycles. The van der Waals surface area contributed by atoms with Crippen molar-refractivity contribution in [2.45, 2.75) is 19.9 Å². The molecule has 6 nitrogen and oxygen atoms in total. The highest BCUT2D eigenvalue weighted by Crippen LogP contribution is 2.16. The van der Waals surface area contributed by atoms with E-state index in [2.05, 4.69) is 22.0 Å². The third-order valence-electron chi connectivity index (χ3n) is 5.38. The van der Waals surface area contributed by atoms with E-state index in [1.165, 1.54) is 5.69 Å². The largest absolute Gasteiger partial charge is 0.368 e. The number of amides is 1. The molecule has 0 bridgehead atoms. The molecule has 0 aliphatic carbocycles. The number of fused-ring (bicyclic) bond motifs is 1. The smallest absolute Gasteiger partial charge is 0.261 e. The second-order valence-electron chi connectivity index (χ2n) is 7.17. The van der Waals surface area contributed by atoms with Crippen LogP contribution in [0, 0.1) is 6.92 Å². The molecule has 1 aliphatic heterocycles. The molecule has 1 amide bonds. The predicted molar refractivity (Wildman–Crippen MR) is 111 cm³/mol. The summed E-state index contributed by atoms with van der Waals surface area (Å²) in [4.78, 5) is 33.9. The van der Waals surface area contributed by atoms with Gasteiger partial charge in [-0.1, -0.05) is 30.3 Å². The van der Waals surface area contributed by atoms with Crippen LogP contribution in [0.4, 0.5) is 5.69 Å². The third kappa shape index (κ3) is 3.63. The molecule has 2 heterocycles. The Labute approximate surface area is 164 Å². The van der Waals surface area contributed by atoms with E-state index in [0.29, 0.717) is 31.4 Å². The average molecular weight is 376 g/mol. The van der Waals surface area contributed by atoms with E-state index in [1.54, 1.807) is 17.0 Å². The Kier molecular flexibility index (Phi) is 5.10. The first-order valence-electron chi connectivity index (χ1n) is 9.66. The van der Waals surface area contributed by atoms with Crippen LogP contribution in [0.15, 0.2) is 59.7 Å². The average Bonchev–Trinajstić information content (AvgIpc) is 2.74. The molecule has 6 heteroatoms. The van der Waals surface area contributed by atoms with Gasteiger partial charge in [0.1, 0.15) is 0 Å². The molecule has 0 unspecified atom stereocenters. The van der Waals surface area contributed by atoms with Gasteiger partial charge in [-0.15, -0.1) is 0 Å². The first kappa shape index (κ1) is 18.2. The normalized spacial score (nSPS) is 14.5. The number of benzene rings is 2. The predicted octanol–water partition coefficient (Wildman–Crippen LogP) is 2.44. The van der Waals surface area contributed by atoms with E-state index in [9.17, 15) is 9.59 Å². The monoisotopic (exact) mass is 376 g/mol. The Hall–Kier alpha value is -3.15. The van der Waals surface area contributed by atoms with Crippen LogP contribution in [-0.4, -0.2) is 46.5 Å². The van der Waals surface area contributed by atoms with E-state index in [-0.39, 0.29) is 11.5 Å². The van der Waals surface area contributed by atoms with Gasteiger partial charge in [0.15, 0.2) is 0 Å². The maximum atomic E-state index is 12.7. The quantitative estimate of drug-likeness (QED) is 0.702. The Morgan fingerprint density at radius 1 is 1.00 bits per heavy atom. The second-order valence-corrected chi connectivity index (χ2v) is 7.17. The minimum absolute atomic E-state index is 0.0870. The molecular weight excluding hydrogens is 352 g/mol. The first-order valence-corrected chi connectivity index (χ1v) is 9.66. The SMILES string of the molecule is Cc1cccc2c(=O)n(CCC(=O)N3CCN(c4ccccc4)CC3)cnc12. The zero-order valence-electron chi connectivity index (χ0n) is 16.0. The molecule has 1 aliphatic rings. The summed E-state index contributed by atoms with van der Waals surface area (Å²) in [5.41, 5.74) is 2.82. The summed E-state index contributed by atoms with van der Waals surface area (Å²) in [6.45, 7) is 5.36. The number of piperazine rings is 1. The lowest BCUT2D eigenvalue weighted by Gasteiger charge is -2.36. The highest BCUT2D eigenvalue weighted by molar-refractivity contribution is 5.80. The molecule has 0 spiro atoms. The van der Waals surface area contributed by atoms with Crippen molar-refractivity contribution in [2.24, 2.45) is 0 Å². The lowest BCUT2D eigenvalue weighted by molar-refractivity contribution is -0.131. The Balaban J connectivity index is 1.37. The highest BCUT2D eigenvalue weighted by Gasteiger charge is 2.21. The number of aromatic nitrogens is 2. The van der Waals surface area contributed by atoms with Crippen LogP contribution in [0.25, 0.3) is 10.9 Å². The zero-order valence-corrected chi connectivity index (χ0v) is 16.0. The fraction of sp³-hybridized carbons (Fsp3) is 0.318. The molecule has 144 valence electrons. The van der Waals surface area contributed by atoms with Crippen molar-refractivity contribution in [3.05, 3.63) is 70.8 Å². The number of aryl methyl sites for hydroxylation is 2. The standard InChI is InChI=1S/C22H24N4O2/c1-17-6-5-9-19-21(17)23-16-26(22(19)28)11-10-20(27)25-14-12-24(13-15-25)18-7-3-2-4-8-18/h2-9,16H,10-15H2,1H3. The molecule has 1 aromatic heterocycles. The van der Waals surface area contributed by atoms with Crippen LogP contribution >= 0.6 is 0 Å². The molecule has 2 aromatic carbocycles. The minimum Gasteiger partial charge on any atom is -0.368 e. The highest BCUT2D eigenvalue weighted by atomic mass is 16.2. The van der Waals surface area contributed by atoms with Gasteiger partial charge in [0.05, 0.1) is 17.2 Å². The van der Waals surface area contributed by atoms with Crippen molar-refractivity contribution in [1.82, 2.24) is 14.5 Å². The number of anilines is 1. The number of rotatable bonds is 4. The van der Waals surface area contributed by atoms with E-state index in [1.807, 2.05) is 42.2 Å². The van der Waals surface area contributed by atoms with Gasteiger partial charge in [-0.3, -0.25) is 14.2 Å². The van der Waals surface area contributed by atoms with Crippen LogP contribution in [0.3, 0.4) is 0 Å². The molecular formula is C22H24N4O2. The molecule has 0 radical (unpaired) electrons. The van der Waals surface area contributed by atoms with Gasteiger partial charge in [0, 0.05) is 44.8 Å². The maximum absolute atomic E-state index is 12.7. The lowest BCUT2D eigenvalue weighted by atomic mass is 10.1. The van der Waals surface area contributed by atoms with Crippen LogP contribution in [0.1, 0.15) is 12.0 Å². The summed E-state index contributed by atoms with van der Waals surface area (Å²) >= 11 is 0. The molecule has 3 aromatic rings. The van der Waals surface area contributed by atoms with E-state index < -0.39 is 0 Å². The van der Waals surface area contributed by atoms with Crippen molar-refractivity contribution < 1.29 is 4.79 Å². The molecule has 0 atom stereocenters. The third-order valence-corrected chi connectivity index (χ3v) is 5.38. The van der Waals surface area contributed by atoms with Gasteiger partial charge in [0.2, 0.25) is 5.91 Å². The summed E-state index contributed by atoms with van der Waals surface area (Å²) in [6, 6.07) is 15.9. The molecule has 4 rings (SSSR count). The number of para-hydroxylation sites is 2. The van der Waals surface area contributed by atoms with E-state index >= 15 is 0 Å². The maximum Gasteiger partial charge on any atom is 0.261 e. The summed E-state index contributed by atoms with van der Waals surface area (Å²) in [5, 5.41) is 0.603. The molecule has 0 saturated carbocycles. The van der Waals surface area contributed by atoms with Crippen LogP contribution < -0.4 is 10.5 Å².